The Labute approximate surface area is 144 Å². The Morgan fingerprint density at radius 3 is 2.33 bits per heavy atom. The van der Waals surface area contributed by atoms with Crippen molar-refractivity contribution in [2.45, 2.75) is 44.0 Å². The van der Waals surface area contributed by atoms with Gasteiger partial charge in [-0.05, 0) is 36.0 Å². The third kappa shape index (κ3) is 3.54. The van der Waals surface area contributed by atoms with Gasteiger partial charge in [0.25, 0.3) is 0 Å². The van der Waals surface area contributed by atoms with E-state index in [-0.39, 0.29) is 6.10 Å². The highest BCUT2D eigenvalue weighted by molar-refractivity contribution is 5.33. The zero-order chi connectivity index (χ0) is 16.4. The molecule has 126 valence electrons. The Kier molecular flexibility index (Phi) is 4.65. The second-order valence-electron chi connectivity index (χ2n) is 7.24. The van der Waals surface area contributed by atoms with Crippen LogP contribution in [0.15, 0.2) is 54.6 Å². The van der Waals surface area contributed by atoms with E-state index in [1.165, 1.54) is 16.7 Å². The molecule has 2 aliphatic rings. The van der Waals surface area contributed by atoms with Crippen LogP contribution in [-0.4, -0.2) is 41.3 Å². The topological polar surface area (TPSA) is 35.5 Å². The molecule has 3 heteroatoms. The van der Waals surface area contributed by atoms with Crippen LogP contribution >= 0.6 is 0 Å². The summed E-state index contributed by atoms with van der Waals surface area (Å²) in [6, 6.07) is 20.3. The van der Waals surface area contributed by atoms with Crippen LogP contribution < -0.4 is 5.32 Å². The molecule has 2 aromatic rings. The summed E-state index contributed by atoms with van der Waals surface area (Å²) in [7, 11) is 0. The quantitative estimate of drug-likeness (QED) is 0.887. The van der Waals surface area contributed by atoms with Crippen LogP contribution in [0.4, 0.5) is 0 Å². The summed E-state index contributed by atoms with van der Waals surface area (Å²) in [6.07, 6.45) is 2.94. The van der Waals surface area contributed by atoms with Crippen LogP contribution in [0.25, 0.3) is 0 Å². The van der Waals surface area contributed by atoms with Crippen molar-refractivity contribution >= 4 is 0 Å². The second kappa shape index (κ2) is 7.06. The molecule has 1 aliphatic heterocycles. The van der Waals surface area contributed by atoms with E-state index in [0.29, 0.717) is 12.1 Å². The van der Waals surface area contributed by atoms with Crippen LogP contribution in [0, 0.1) is 0 Å². The molecule has 2 N–H and O–H groups in total. The van der Waals surface area contributed by atoms with Crippen molar-refractivity contribution in [3.8, 4) is 0 Å². The predicted octanol–water partition coefficient (Wildman–Crippen LogP) is 2.38. The molecule has 0 aromatic heterocycles. The van der Waals surface area contributed by atoms with Gasteiger partial charge < -0.3 is 10.4 Å². The lowest BCUT2D eigenvalue weighted by Gasteiger charge is -2.26. The van der Waals surface area contributed by atoms with Gasteiger partial charge in [0.15, 0.2) is 0 Å². The number of likely N-dealkylation sites (tertiary alicyclic amines) is 1. The Bertz CT molecular complexity index is 648. The highest BCUT2D eigenvalue weighted by Crippen LogP contribution is 2.23. The average molecular weight is 322 g/mol. The summed E-state index contributed by atoms with van der Waals surface area (Å²) in [6.45, 7) is 2.67. The number of β-amino-alcohol motifs (C(OH)–C–C–N with tert-alkyl or cyclic N) is 1. The van der Waals surface area contributed by atoms with Gasteiger partial charge in [-0.25, -0.2) is 0 Å². The fourth-order valence-electron chi connectivity index (χ4n) is 4.19. The normalized spacial score (nSPS) is 24.4. The Hall–Kier alpha value is -1.68. The van der Waals surface area contributed by atoms with E-state index in [1.807, 2.05) is 0 Å². The fraction of sp³-hybridized carbons (Fsp3) is 0.429. The van der Waals surface area contributed by atoms with Crippen LogP contribution in [0.3, 0.4) is 0 Å². The number of hydrogen-bond acceptors (Lipinski definition) is 3. The monoisotopic (exact) mass is 322 g/mol. The van der Waals surface area contributed by atoms with E-state index in [0.717, 1.165) is 38.9 Å². The molecule has 1 aliphatic carbocycles. The van der Waals surface area contributed by atoms with Gasteiger partial charge in [0.1, 0.15) is 0 Å². The van der Waals surface area contributed by atoms with E-state index in [2.05, 4.69) is 64.8 Å². The molecule has 0 radical (unpaired) electrons. The number of hydrogen-bond donors (Lipinski definition) is 2. The largest absolute Gasteiger partial charge is 0.392 e. The molecule has 3 nitrogen and oxygen atoms in total. The molecule has 0 bridgehead atoms. The summed E-state index contributed by atoms with van der Waals surface area (Å²) in [5.41, 5.74) is 4.30. The molecule has 1 fully saturated rings. The van der Waals surface area contributed by atoms with Crippen molar-refractivity contribution in [2.75, 3.05) is 13.1 Å². The SMILES string of the molecule is OC1CC(CNC2Cc3ccccc3C2)N(Cc2ccccc2)C1. The molecular weight excluding hydrogens is 296 g/mol. The number of fused-ring (bicyclic) bond motifs is 1. The zero-order valence-electron chi connectivity index (χ0n) is 14.1. The molecule has 1 saturated heterocycles. The summed E-state index contributed by atoms with van der Waals surface area (Å²) >= 11 is 0. The molecule has 0 saturated carbocycles. The Morgan fingerprint density at radius 1 is 0.958 bits per heavy atom. The summed E-state index contributed by atoms with van der Waals surface area (Å²) in [4.78, 5) is 2.43. The minimum Gasteiger partial charge on any atom is -0.392 e. The van der Waals surface area contributed by atoms with Gasteiger partial charge in [0.2, 0.25) is 0 Å². The van der Waals surface area contributed by atoms with Crippen molar-refractivity contribution in [2.24, 2.45) is 0 Å². The van der Waals surface area contributed by atoms with Gasteiger partial charge in [0.05, 0.1) is 6.10 Å². The fourth-order valence-corrected chi connectivity index (χ4v) is 4.19. The van der Waals surface area contributed by atoms with Gasteiger partial charge in [-0.1, -0.05) is 54.6 Å². The number of nitrogens with zero attached hydrogens (tertiary/aromatic N) is 1. The smallest absolute Gasteiger partial charge is 0.0682 e. The highest BCUT2D eigenvalue weighted by atomic mass is 16.3. The third-order valence-electron chi connectivity index (χ3n) is 5.43. The molecule has 2 unspecified atom stereocenters. The average Bonchev–Trinajstić information content (AvgIpc) is 3.16. The first-order valence-corrected chi connectivity index (χ1v) is 9.04. The lowest BCUT2D eigenvalue weighted by Crippen LogP contribution is -2.41. The first kappa shape index (κ1) is 15.8. The lowest BCUT2D eigenvalue weighted by molar-refractivity contribution is 0.172. The minimum absolute atomic E-state index is 0.193. The second-order valence-corrected chi connectivity index (χ2v) is 7.24. The van der Waals surface area contributed by atoms with E-state index < -0.39 is 0 Å². The Balaban J connectivity index is 1.33. The van der Waals surface area contributed by atoms with Gasteiger partial charge in [-0.3, -0.25) is 4.90 Å². The van der Waals surface area contributed by atoms with Crippen molar-refractivity contribution < 1.29 is 5.11 Å². The van der Waals surface area contributed by atoms with Gasteiger partial charge >= 0.3 is 0 Å². The maximum Gasteiger partial charge on any atom is 0.0682 e. The lowest BCUT2D eigenvalue weighted by atomic mass is 10.1. The predicted molar refractivity (Wildman–Crippen MR) is 96.9 cm³/mol. The number of aliphatic hydroxyl groups is 1. The van der Waals surface area contributed by atoms with Gasteiger partial charge in [-0.2, -0.15) is 0 Å². The van der Waals surface area contributed by atoms with Gasteiger partial charge in [0, 0.05) is 31.7 Å². The molecule has 0 spiro atoms. The number of rotatable bonds is 5. The number of nitrogens with one attached hydrogen (secondary N) is 1. The van der Waals surface area contributed by atoms with E-state index >= 15 is 0 Å². The van der Waals surface area contributed by atoms with Crippen molar-refractivity contribution in [3.63, 3.8) is 0 Å². The first-order chi connectivity index (χ1) is 11.8. The van der Waals surface area contributed by atoms with Crippen LogP contribution in [0.1, 0.15) is 23.1 Å². The van der Waals surface area contributed by atoms with Crippen LogP contribution in [0.5, 0.6) is 0 Å². The molecule has 1 heterocycles. The third-order valence-corrected chi connectivity index (χ3v) is 5.43. The summed E-state index contributed by atoms with van der Waals surface area (Å²) in [5, 5.41) is 13.9. The summed E-state index contributed by atoms with van der Waals surface area (Å²) < 4.78 is 0. The molecule has 2 aromatic carbocycles. The molecular formula is C21H26N2O. The zero-order valence-corrected chi connectivity index (χ0v) is 14.1. The van der Waals surface area contributed by atoms with E-state index in [1.54, 1.807) is 0 Å². The number of benzene rings is 2. The maximum atomic E-state index is 10.1. The summed E-state index contributed by atoms with van der Waals surface area (Å²) in [5.74, 6) is 0. The van der Waals surface area contributed by atoms with Crippen molar-refractivity contribution in [1.82, 2.24) is 10.2 Å². The first-order valence-electron chi connectivity index (χ1n) is 9.04. The minimum atomic E-state index is -0.193. The van der Waals surface area contributed by atoms with E-state index in [9.17, 15) is 5.11 Å². The van der Waals surface area contributed by atoms with Crippen molar-refractivity contribution in [1.29, 1.82) is 0 Å². The number of aliphatic hydroxyl groups excluding tert-OH is 1. The molecule has 2 atom stereocenters. The van der Waals surface area contributed by atoms with Crippen molar-refractivity contribution in [3.05, 3.63) is 71.3 Å². The Morgan fingerprint density at radius 2 is 1.62 bits per heavy atom. The highest BCUT2D eigenvalue weighted by Gasteiger charge is 2.31. The van der Waals surface area contributed by atoms with E-state index in [4.69, 9.17) is 0 Å². The van der Waals surface area contributed by atoms with Gasteiger partial charge in [-0.15, -0.1) is 0 Å². The molecule has 4 rings (SSSR count). The van der Waals surface area contributed by atoms with Crippen LogP contribution in [-0.2, 0) is 19.4 Å². The maximum absolute atomic E-state index is 10.1. The molecule has 24 heavy (non-hydrogen) atoms. The molecule has 0 amide bonds. The standard InChI is InChI=1S/C21H26N2O/c24-21-12-20(23(15-21)14-16-6-2-1-3-7-16)13-22-19-10-17-8-4-5-9-18(17)11-19/h1-9,19-22,24H,10-15H2. The van der Waals surface area contributed by atoms with Crippen LogP contribution in [0.2, 0.25) is 0 Å².